The maximum Gasteiger partial charge on any atom is 0.216 e. The normalized spacial score (nSPS) is 11.3. The van der Waals surface area contributed by atoms with Crippen LogP contribution >= 0.6 is 46.1 Å². The van der Waals surface area contributed by atoms with Gasteiger partial charge in [0.25, 0.3) is 0 Å². The molecule has 24 heavy (non-hydrogen) atoms. The molecule has 3 nitrogen and oxygen atoms in total. The monoisotopic (exact) mass is 397 g/mol. The third-order valence-electron chi connectivity index (χ3n) is 3.55. The Kier molecular flexibility index (Phi) is 3.96. The number of thiazole rings is 1. The Morgan fingerprint density at radius 3 is 2.50 bits per heavy atom. The molecule has 0 aliphatic carbocycles. The van der Waals surface area contributed by atoms with Gasteiger partial charge in [-0.1, -0.05) is 46.9 Å². The van der Waals surface area contributed by atoms with E-state index >= 15 is 0 Å². The van der Waals surface area contributed by atoms with E-state index in [2.05, 4.69) is 10.2 Å². The first-order chi connectivity index (χ1) is 11.6. The molecular weight excluding hydrogens is 392 g/mol. The van der Waals surface area contributed by atoms with Crippen molar-refractivity contribution < 1.29 is 4.39 Å². The summed E-state index contributed by atoms with van der Waals surface area (Å²) in [6, 6.07) is 10.0. The van der Waals surface area contributed by atoms with E-state index in [1.807, 2.05) is 23.6 Å². The van der Waals surface area contributed by atoms with E-state index in [1.54, 1.807) is 10.5 Å². The summed E-state index contributed by atoms with van der Waals surface area (Å²) in [6.07, 6.45) is 0. The number of aromatic nitrogens is 3. The lowest BCUT2D eigenvalue weighted by Crippen LogP contribution is -1.93. The first kappa shape index (κ1) is 15.8. The van der Waals surface area contributed by atoms with Crippen molar-refractivity contribution >= 4 is 51.1 Å². The van der Waals surface area contributed by atoms with Crippen LogP contribution in [-0.2, 0) is 0 Å². The minimum Gasteiger partial charge on any atom is -0.265 e. The number of benzene rings is 2. The summed E-state index contributed by atoms with van der Waals surface area (Å²) in [5, 5.41) is 11.1. The van der Waals surface area contributed by atoms with Crippen molar-refractivity contribution in [2.45, 2.75) is 0 Å². The van der Waals surface area contributed by atoms with Crippen LogP contribution in [0.25, 0.3) is 27.6 Å². The van der Waals surface area contributed by atoms with Crippen molar-refractivity contribution in [3.05, 3.63) is 62.7 Å². The number of halogens is 4. The van der Waals surface area contributed by atoms with Crippen LogP contribution in [-0.4, -0.2) is 14.6 Å². The molecule has 0 saturated heterocycles. The van der Waals surface area contributed by atoms with Gasteiger partial charge in [0, 0.05) is 16.5 Å². The summed E-state index contributed by atoms with van der Waals surface area (Å²) in [6.45, 7) is 0. The molecule has 2 aromatic carbocycles. The van der Waals surface area contributed by atoms with E-state index < -0.39 is 5.82 Å². The molecule has 0 unspecified atom stereocenters. The summed E-state index contributed by atoms with van der Waals surface area (Å²) in [4.78, 5) is 0.659. The van der Waals surface area contributed by atoms with E-state index in [-0.39, 0.29) is 5.02 Å². The Balaban J connectivity index is 2.01. The molecule has 0 amide bonds. The molecule has 0 radical (unpaired) electrons. The fourth-order valence-electron chi connectivity index (χ4n) is 2.44. The van der Waals surface area contributed by atoms with Gasteiger partial charge in [0.05, 0.1) is 20.8 Å². The fourth-order valence-corrected chi connectivity index (χ4v) is 3.97. The van der Waals surface area contributed by atoms with E-state index in [0.29, 0.717) is 32.1 Å². The molecule has 0 saturated carbocycles. The van der Waals surface area contributed by atoms with Crippen molar-refractivity contribution in [3.8, 4) is 22.6 Å². The summed E-state index contributed by atoms with van der Waals surface area (Å²) in [7, 11) is 0. The molecular formula is C16H7Cl3FN3S. The predicted molar refractivity (Wildman–Crippen MR) is 96.7 cm³/mol. The van der Waals surface area contributed by atoms with Crippen LogP contribution in [0.1, 0.15) is 0 Å². The molecule has 2 aromatic heterocycles. The molecule has 4 rings (SSSR count). The zero-order chi connectivity index (χ0) is 16.8. The zero-order valence-corrected chi connectivity index (χ0v) is 14.9. The highest BCUT2D eigenvalue weighted by Crippen LogP contribution is 2.37. The van der Waals surface area contributed by atoms with E-state index in [9.17, 15) is 4.39 Å². The fraction of sp³-hybridized carbons (Fsp3) is 0. The van der Waals surface area contributed by atoms with E-state index in [0.717, 1.165) is 5.56 Å². The van der Waals surface area contributed by atoms with Crippen LogP contribution in [0.2, 0.25) is 15.1 Å². The highest BCUT2D eigenvalue weighted by atomic mass is 35.5. The van der Waals surface area contributed by atoms with Crippen LogP contribution in [0, 0.1) is 5.82 Å². The van der Waals surface area contributed by atoms with E-state index in [1.165, 1.54) is 23.5 Å². The van der Waals surface area contributed by atoms with Gasteiger partial charge in [-0.05, 0) is 24.3 Å². The van der Waals surface area contributed by atoms with Crippen molar-refractivity contribution in [2.24, 2.45) is 0 Å². The van der Waals surface area contributed by atoms with Crippen LogP contribution < -0.4 is 0 Å². The van der Waals surface area contributed by atoms with Gasteiger partial charge >= 0.3 is 0 Å². The largest absolute Gasteiger partial charge is 0.265 e. The van der Waals surface area contributed by atoms with Gasteiger partial charge in [-0.25, -0.2) is 4.39 Å². The van der Waals surface area contributed by atoms with Gasteiger partial charge in [0.1, 0.15) is 5.82 Å². The number of rotatable bonds is 2. The molecule has 120 valence electrons. The third-order valence-corrected chi connectivity index (χ3v) is 5.30. The van der Waals surface area contributed by atoms with Gasteiger partial charge in [0.2, 0.25) is 4.96 Å². The Bertz CT molecular complexity index is 1070. The maximum absolute atomic E-state index is 13.9. The van der Waals surface area contributed by atoms with Gasteiger partial charge in [0.15, 0.2) is 5.82 Å². The number of nitrogens with zero attached hydrogens (tertiary/aromatic N) is 3. The highest BCUT2D eigenvalue weighted by molar-refractivity contribution is 7.15. The number of fused-ring (bicyclic) bond motifs is 1. The van der Waals surface area contributed by atoms with Gasteiger partial charge < -0.3 is 0 Å². The standard InChI is InChI=1S/C16H7Cl3FN3S/c17-10-4-2-1-3-8(10)15-21-22-16-23(15)14(7-24-16)9-5-13(20)12(19)6-11(9)18/h1-7H. The summed E-state index contributed by atoms with van der Waals surface area (Å²) in [5.41, 5.74) is 1.92. The quantitative estimate of drug-likeness (QED) is 0.375. The lowest BCUT2D eigenvalue weighted by molar-refractivity contribution is 0.628. The Morgan fingerprint density at radius 2 is 1.71 bits per heavy atom. The molecule has 0 aliphatic heterocycles. The molecule has 0 bridgehead atoms. The first-order valence-electron chi connectivity index (χ1n) is 6.78. The average Bonchev–Trinajstić information content (AvgIpc) is 3.14. The lowest BCUT2D eigenvalue weighted by Gasteiger charge is -2.07. The third kappa shape index (κ3) is 2.48. The molecule has 0 aliphatic rings. The average molecular weight is 399 g/mol. The molecule has 0 N–H and O–H groups in total. The second-order valence-electron chi connectivity index (χ2n) is 4.99. The van der Waals surface area contributed by atoms with Crippen molar-refractivity contribution in [3.63, 3.8) is 0 Å². The minimum absolute atomic E-state index is 0.0229. The zero-order valence-electron chi connectivity index (χ0n) is 11.8. The molecule has 0 atom stereocenters. The van der Waals surface area contributed by atoms with Crippen LogP contribution in [0.15, 0.2) is 41.8 Å². The van der Waals surface area contributed by atoms with Gasteiger partial charge in [-0.15, -0.1) is 21.5 Å². The van der Waals surface area contributed by atoms with Gasteiger partial charge in [-0.3, -0.25) is 4.40 Å². The number of hydrogen-bond acceptors (Lipinski definition) is 3. The summed E-state index contributed by atoms with van der Waals surface area (Å²) in [5.74, 6) is 0.0288. The molecule has 4 aromatic rings. The predicted octanol–water partition coefficient (Wildman–Crippen LogP) is 6.22. The van der Waals surface area contributed by atoms with Crippen LogP contribution in [0.4, 0.5) is 4.39 Å². The maximum atomic E-state index is 13.9. The summed E-state index contributed by atoms with van der Waals surface area (Å²) < 4.78 is 15.7. The van der Waals surface area contributed by atoms with Gasteiger partial charge in [-0.2, -0.15) is 0 Å². The summed E-state index contributed by atoms with van der Waals surface area (Å²) >= 11 is 19.7. The van der Waals surface area contributed by atoms with Crippen LogP contribution in [0.5, 0.6) is 0 Å². The van der Waals surface area contributed by atoms with Crippen LogP contribution in [0.3, 0.4) is 0 Å². The van der Waals surface area contributed by atoms with Crippen molar-refractivity contribution in [1.82, 2.24) is 14.6 Å². The Morgan fingerprint density at radius 1 is 0.917 bits per heavy atom. The number of hydrogen-bond donors (Lipinski definition) is 0. The molecule has 8 heteroatoms. The molecule has 2 heterocycles. The molecule has 0 fully saturated rings. The van der Waals surface area contributed by atoms with Crippen molar-refractivity contribution in [2.75, 3.05) is 0 Å². The van der Waals surface area contributed by atoms with Crippen molar-refractivity contribution in [1.29, 1.82) is 0 Å². The second-order valence-corrected chi connectivity index (χ2v) is 7.05. The highest BCUT2D eigenvalue weighted by Gasteiger charge is 2.19. The Labute approximate surface area is 155 Å². The second kappa shape index (κ2) is 6.01. The first-order valence-corrected chi connectivity index (χ1v) is 8.80. The SMILES string of the molecule is Fc1cc(-c2csc3nnc(-c4ccccc4Cl)n23)c(Cl)cc1Cl. The topological polar surface area (TPSA) is 30.2 Å². The molecule has 0 spiro atoms. The lowest BCUT2D eigenvalue weighted by atomic mass is 10.1. The smallest absolute Gasteiger partial charge is 0.216 e. The minimum atomic E-state index is -0.539. The Hall–Kier alpha value is -1.66. The van der Waals surface area contributed by atoms with E-state index in [4.69, 9.17) is 34.8 Å².